The van der Waals surface area contributed by atoms with E-state index in [0.29, 0.717) is 17.9 Å². The lowest BCUT2D eigenvalue weighted by Gasteiger charge is -2.18. The zero-order valence-corrected chi connectivity index (χ0v) is 18.4. The average molecular weight is 431 g/mol. The van der Waals surface area contributed by atoms with Gasteiger partial charge in [0.25, 0.3) is 5.91 Å². The molecule has 5 heteroatoms. The Morgan fingerprint density at radius 2 is 1.68 bits per heavy atom. The standard InChI is InChI=1S/C26H26N2O2S/c1-19(20-9-3-2-4-10-20)17-27-26(30)22-12-6-8-14-24(22)31-18-25(29)28-16-15-21-11-5-7-13-23(21)28/h2-14,19H,15-18H2,1H3,(H,27,30). The zero-order valence-electron chi connectivity index (χ0n) is 17.6. The molecule has 0 radical (unpaired) electrons. The molecule has 0 bridgehead atoms. The summed E-state index contributed by atoms with van der Waals surface area (Å²) in [5.74, 6) is 0.494. The Kier molecular flexibility index (Phi) is 6.73. The maximum Gasteiger partial charge on any atom is 0.252 e. The fraction of sp³-hybridized carbons (Fsp3) is 0.231. The first kappa shape index (κ1) is 21.2. The molecule has 4 rings (SSSR count). The van der Waals surface area contributed by atoms with Crippen molar-refractivity contribution in [1.29, 1.82) is 0 Å². The van der Waals surface area contributed by atoms with Gasteiger partial charge in [0.1, 0.15) is 0 Å². The van der Waals surface area contributed by atoms with Crippen molar-refractivity contribution < 1.29 is 9.59 Å². The van der Waals surface area contributed by atoms with Gasteiger partial charge in [-0.3, -0.25) is 9.59 Å². The van der Waals surface area contributed by atoms with E-state index >= 15 is 0 Å². The second-order valence-electron chi connectivity index (χ2n) is 7.73. The molecule has 4 nitrogen and oxygen atoms in total. The van der Waals surface area contributed by atoms with Crippen LogP contribution in [0.5, 0.6) is 0 Å². The van der Waals surface area contributed by atoms with Gasteiger partial charge in [0.15, 0.2) is 0 Å². The van der Waals surface area contributed by atoms with E-state index in [1.54, 1.807) is 0 Å². The van der Waals surface area contributed by atoms with Crippen molar-refractivity contribution in [1.82, 2.24) is 5.32 Å². The predicted molar refractivity (Wildman–Crippen MR) is 127 cm³/mol. The number of hydrogen-bond donors (Lipinski definition) is 1. The summed E-state index contributed by atoms with van der Waals surface area (Å²) in [6.45, 7) is 3.38. The molecule has 0 spiro atoms. The number of anilines is 1. The van der Waals surface area contributed by atoms with Crippen LogP contribution in [0.15, 0.2) is 83.8 Å². The van der Waals surface area contributed by atoms with Crippen molar-refractivity contribution in [3.8, 4) is 0 Å². The van der Waals surface area contributed by atoms with Crippen LogP contribution in [0.4, 0.5) is 5.69 Å². The van der Waals surface area contributed by atoms with Crippen LogP contribution >= 0.6 is 11.8 Å². The van der Waals surface area contributed by atoms with Crippen molar-refractivity contribution >= 4 is 29.3 Å². The summed E-state index contributed by atoms with van der Waals surface area (Å²) >= 11 is 1.42. The van der Waals surface area contributed by atoms with E-state index in [0.717, 1.165) is 23.5 Å². The number of carbonyl (C=O) groups is 2. The quantitative estimate of drug-likeness (QED) is 0.542. The molecule has 0 saturated carbocycles. The van der Waals surface area contributed by atoms with E-state index in [2.05, 4.69) is 30.4 Å². The summed E-state index contributed by atoms with van der Waals surface area (Å²) < 4.78 is 0. The molecular formula is C26H26N2O2S. The number of fused-ring (bicyclic) bond motifs is 1. The predicted octanol–water partition coefficient (Wildman–Crippen LogP) is 4.90. The second kappa shape index (κ2) is 9.84. The van der Waals surface area contributed by atoms with Crippen molar-refractivity contribution in [3.05, 3.63) is 95.6 Å². The van der Waals surface area contributed by atoms with Crippen LogP contribution in [0.3, 0.4) is 0 Å². The van der Waals surface area contributed by atoms with E-state index in [4.69, 9.17) is 0 Å². The van der Waals surface area contributed by atoms with Crippen molar-refractivity contribution in [2.24, 2.45) is 0 Å². The van der Waals surface area contributed by atoms with Gasteiger partial charge in [0, 0.05) is 23.7 Å². The summed E-state index contributed by atoms with van der Waals surface area (Å²) in [4.78, 5) is 28.4. The van der Waals surface area contributed by atoms with Crippen molar-refractivity contribution in [2.75, 3.05) is 23.7 Å². The third kappa shape index (κ3) is 5.00. The van der Waals surface area contributed by atoms with Crippen LogP contribution in [0, 0.1) is 0 Å². The highest BCUT2D eigenvalue weighted by Gasteiger charge is 2.24. The van der Waals surface area contributed by atoms with E-state index in [1.165, 1.54) is 22.9 Å². The largest absolute Gasteiger partial charge is 0.351 e. The second-order valence-corrected chi connectivity index (χ2v) is 8.75. The monoisotopic (exact) mass is 430 g/mol. The first-order valence-electron chi connectivity index (χ1n) is 10.6. The van der Waals surface area contributed by atoms with Gasteiger partial charge in [-0.2, -0.15) is 0 Å². The molecule has 1 unspecified atom stereocenters. The normalized spacial score (nSPS) is 13.5. The Balaban J connectivity index is 1.37. The van der Waals surface area contributed by atoms with Gasteiger partial charge >= 0.3 is 0 Å². The third-order valence-electron chi connectivity index (χ3n) is 5.61. The first-order valence-corrected chi connectivity index (χ1v) is 11.6. The Bertz CT molecular complexity index is 1070. The first-order chi connectivity index (χ1) is 15.1. The van der Waals surface area contributed by atoms with Gasteiger partial charge in [-0.25, -0.2) is 0 Å². The molecule has 3 aromatic carbocycles. The maximum atomic E-state index is 12.8. The molecule has 1 heterocycles. The number of carbonyl (C=O) groups excluding carboxylic acids is 2. The molecule has 31 heavy (non-hydrogen) atoms. The van der Waals surface area contributed by atoms with Crippen molar-refractivity contribution in [3.63, 3.8) is 0 Å². The maximum absolute atomic E-state index is 12.8. The molecular weight excluding hydrogens is 404 g/mol. The van der Waals surface area contributed by atoms with Gasteiger partial charge in [-0.05, 0) is 41.7 Å². The Hall–Kier alpha value is -3.05. The average Bonchev–Trinajstić information content (AvgIpc) is 3.26. The highest BCUT2D eigenvalue weighted by atomic mass is 32.2. The van der Waals surface area contributed by atoms with E-state index < -0.39 is 0 Å². The van der Waals surface area contributed by atoms with E-state index in [1.807, 2.05) is 65.6 Å². The molecule has 1 aliphatic rings. The molecule has 1 atom stereocenters. The van der Waals surface area contributed by atoms with Crippen LogP contribution < -0.4 is 10.2 Å². The molecule has 0 aromatic heterocycles. The number of benzene rings is 3. The zero-order chi connectivity index (χ0) is 21.6. The lowest BCUT2D eigenvalue weighted by atomic mass is 10.0. The van der Waals surface area contributed by atoms with Gasteiger partial charge in [0.2, 0.25) is 5.91 Å². The fourth-order valence-corrected chi connectivity index (χ4v) is 4.76. The summed E-state index contributed by atoms with van der Waals surface area (Å²) in [7, 11) is 0. The van der Waals surface area contributed by atoms with Crippen LogP contribution in [0.25, 0.3) is 0 Å². The van der Waals surface area contributed by atoms with Crippen LogP contribution in [-0.2, 0) is 11.2 Å². The molecule has 0 aliphatic carbocycles. The summed E-state index contributed by atoms with van der Waals surface area (Å²) in [5.41, 5.74) is 4.03. The number of thioether (sulfide) groups is 1. The molecule has 2 amide bonds. The lowest BCUT2D eigenvalue weighted by Crippen LogP contribution is -2.30. The van der Waals surface area contributed by atoms with Crippen LogP contribution in [-0.4, -0.2) is 30.7 Å². The SMILES string of the molecule is CC(CNC(=O)c1ccccc1SCC(=O)N1CCc2ccccc21)c1ccccc1. The highest BCUT2D eigenvalue weighted by Crippen LogP contribution is 2.29. The molecule has 1 aliphatic heterocycles. The van der Waals surface area contributed by atoms with Gasteiger partial charge in [-0.1, -0.05) is 67.6 Å². The van der Waals surface area contributed by atoms with Gasteiger partial charge in [-0.15, -0.1) is 11.8 Å². The Morgan fingerprint density at radius 1 is 0.968 bits per heavy atom. The number of para-hydroxylation sites is 1. The molecule has 158 valence electrons. The molecule has 0 fully saturated rings. The van der Waals surface area contributed by atoms with Gasteiger partial charge in [0.05, 0.1) is 11.3 Å². The Labute approximate surface area is 187 Å². The third-order valence-corrected chi connectivity index (χ3v) is 6.67. The van der Waals surface area contributed by atoms with E-state index in [-0.39, 0.29) is 17.7 Å². The smallest absolute Gasteiger partial charge is 0.252 e. The number of rotatable bonds is 7. The van der Waals surface area contributed by atoms with Gasteiger partial charge < -0.3 is 10.2 Å². The number of nitrogens with one attached hydrogen (secondary N) is 1. The summed E-state index contributed by atoms with van der Waals surface area (Å²) in [5, 5.41) is 3.05. The summed E-state index contributed by atoms with van der Waals surface area (Å²) in [6, 6.07) is 25.7. The highest BCUT2D eigenvalue weighted by molar-refractivity contribution is 8.00. The van der Waals surface area contributed by atoms with E-state index in [9.17, 15) is 9.59 Å². The fourth-order valence-electron chi connectivity index (χ4n) is 3.84. The molecule has 1 N–H and O–H groups in total. The topological polar surface area (TPSA) is 49.4 Å². The number of hydrogen-bond acceptors (Lipinski definition) is 3. The minimum atomic E-state index is -0.107. The molecule has 3 aromatic rings. The number of nitrogens with zero attached hydrogens (tertiary/aromatic N) is 1. The number of amides is 2. The lowest BCUT2D eigenvalue weighted by molar-refractivity contribution is -0.116. The van der Waals surface area contributed by atoms with Crippen LogP contribution in [0.1, 0.15) is 34.3 Å². The Morgan fingerprint density at radius 3 is 2.52 bits per heavy atom. The molecule has 0 saturated heterocycles. The minimum Gasteiger partial charge on any atom is -0.351 e. The minimum absolute atomic E-state index is 0.0721. The van der Waals surface area contributed by atoms with Crippen LogP contribution in [0.2, 0.25) is 0 Å². The van der Waals surface area contributed by atoms with Crippen molar-refractivity contribution in [2.45, 2.75) is 24.2 Å². The summed E-state index contributed by atoms with van der Waals surface area (Å²) in [6.07, 6.45) is 0.894.